The molecule has 16 heavy (non-hydrogen) atoms. The van der Waals surface area contributed by atoms with Crippen molar-refractivity contribution in [1.82, 2.24) is 10.2 Å². The molecular weight excluding hydrogens is 208 g/mol. The molecule has 1 heterocycles. The molecule has 1 amide bonds. The van der Waals surface area contributed by atoms with Crippen LogP contribution in [0.1, 0.15) is 12.8 Å². The number of ether oxygens (including phenoxy) is 2. The first-order valence-corrected chi connectivity index (χ1v) is 5.81. The number of hydrogen-bond donors (Lipinski definition) is 1. The molecule has 1 aliphatic heterocycles. The van der Waals surface area contributed by atoms with E-state index in [-0.39, 0.29) is 18.6 Å². The summed E-state index contributed by atoms with van der Waals surface area (Å²) in [5.74, 6) is 0.0596. The maximum absolute atomic E-state index is 11.6. The SMILES string of the molecule is CNCCC[C@@H]1CN(C(=O)COC)CCO1. The molecule has 1 atom stereocenters. The summed E-state index contributed by atoms with van der Waals surface area (Å²) in [5, 5.41) is 3.11. The van der Waals surface area contributed by atoms with Crippen molar-refractivity contribution in [2.75, 3.05) is 47.0 Å². The summed E-state index contributed by atoms with van der Waals surface area (Å²) in [6, 6.07) is 0. The summed E-state index contributed by atoms with van der Waals surface area (Å²) in [4.78, 5) is 13.4. The van der Waals surface area contributed by atoms with Gasteiger partial charge in [-0.3, -0.25) is 4.79 Å². The molecule has 1 N–H and O–H groups in total. The molecule has 0 unspecified atom stereocenters. The zero-order valence-electron chi connectivity index (χ0n) is 10.2. The number of nitrogens with one attached hydrogen (secondary N) is 1. The molecule has 1 aliphatic rings. The van der Waals surface area contributed by atoms with E-state index in [9.17, 15) is 4.79 Å². The van der Waals surface area contributed by atoms with Crippen molar-refractivity contribution in [1.29, 1.82) is 0 Å². The predicted molar refractivity (Wildman–Crippen MR) is 61.4 cm³/mol. The predicted octanol–water partition coefficient (Wildman–Crippen LogP) is -0.140. The van der Waals surface area contributed by atoms with E-state index in [1.165, 1.54) is 0 Å². The Hall–Kier alpha value is -0.650. The molecule has 94 valence electrons. The number of morpholine rings is 1. The zero-order valence-corrected chi connectivity index (χ0v) is 10.2. The molecule has 1 rings (SSSR count). The van der Waals surface area contributed by atoms with E-state index in [4.69, 9.17) is 9.47 Å². The lowest BCUT2D eigenvalue weighted by Crippen LogP contribution is -2.46. The van der Waals surface area contributed by atoms with Crippen LogP contribution in [0.5, 0.6) is 0 Å². The van der Waals surface area contributed by atoms with Crippen LogP contribution < -0.4 is 5.32 Å². The van der Waals surface area contributed by atoms with Gasteiger partial charge in [-0.05, 0) is 26.4 Å². The van der Waals surface area contributed by atoms with E-state index in [2.05, 4.69) is 5.32 Å². The van der Waals surface area contributed by atoms with Gasteiger partial charge in [0, 0.05) is 20.2 Å². The molecule has 1 saturated heterocycles. The Kier molecular flexibility index (Phi) is 6.37. The van der Waals surface area contributed by atoms with Crippen molar-refractivity contribution in [2.24, 2.45) is 0 Å². The first-order valence-electron chi connectivity index (χ1n) is 5.81. The Morgan fingerprint density at radius 1 is 1.62 bits per heavy atom. The lowest BCUT2D eigenvalue weighted by Gasteiger charge is -2.32. The van der Waals surface area contributed by atoms with E-state index in [0.717, 1.165) is 19.4 Å². The highest BCUT2D eigenvalue weighted by molar-refractivity contribution is 5.77. The van der Waals surface area contributed by atoms with Crippen LogP contribution in [0.4, 0.5) is 0 Å². The third-order valence-electron chi connectivity index (χ3n) is 2.71. The molecule has 0 aromatic heterocycles. The molecule has 5 nitrogen and oxygen atoms in total. The molecule has 0 radical (unpaired) electrons. The van der Waals surface area contributed by atoms with Crippen LogP contribution in [0.3, 0.4) is 0 Å². The van der Waals surface area contributed by atoms with Crippen molar-refractivity contribution in [3.63, 3.8) is 0 Å². The number of hydrogen-bond acceptors (Lipinski definition) is 4. The summed E-state index contributed by atoms with van der Waals surface area (Å²) in [6.07, 6.45) is 2.26. The molecule has 5 heteroatoms. The van der Waals surface area contributed by atoms with Crippen molar-refractivity contribution in [2.45, 2.75) is 18.9 Å². The second-order valence-corrected chi connectivity index (χ2v) is 4.01. The maximum atomic E-state index is 11.6. The molecule has 0 bridgehead atoms. The van der Waals surface area contributed by atoms with Gasteiger partial charge < -0.3 is 19.7 Å². The Labute approximate surface area is 97.1 Å². The van der Waals surface area contributed by atoms with E-state index in [0.29, 0.717) is 19.7 Å². The number of methoxy groups -OCH3 is 1. The maximum Gasteiger partial charge on any atom is 0.248 e. The van der Waals surface area contributed by atoms with E-state index < -0.39 is 0 Å². The minimum Gasteiger partial charge on any atom is -0.375 e. The Morgan fingerprint density at radius 2 is 2.44 bits per heavy atom. The molecule has 0 aromatic rings. The van der Waals surface area contributed by atoms with Crippen LogP contribution in [0.25, 0.3) is 0 Å². The van der Waals surface area contributed by atoms with Gasteiger partial charge in [0.15, 0.2) is 0 Å². The number of rotatable bonds is 6. The Morgan fingerprint density at radius 3 is 3.12 bits per heavy atom. The van der Waals surface area contributed by atoms with Crippen molar-refractivity contribution >= 4 is 5.91 Å². The standard InChI is InChI=1S/C11H22N2O3/c1-12-5-3-4-10-8-13(6-7-16-10)11(14)9-15-2/h10,12H,3-9H2,1-2H3/t10-/m1/s1. The number of amides is 1. The normalized spacial score (nSPS) is 21.1. The molecule has 0 aliphatic carbocycles. The van der Waals surface area contributed by atoms with Crippen LogP contribution in [-0.2, 0) is 14.3 Å². The van der Waals surface area contributed by atoms with E-state index in [1.54, 1.807) is 7.11 Å². The van der Waals surface area contributed by atoms with Crippen LogP contribution >= 0.6 is 0 Å². The average Bonchev–Trinajstić information content (AvgIpc) is 2.30. The highest BCUT2D eigenvalue weighted by atomic mass is 16.5. The topological polar surface area (TPSA) is 50.8 Å². The molecule has 1 fully saturated rings. The molecular formula is C11H22N2O3. The molecule has 0 aromatic carbocycles. The molecule has 0 spiro atoms. The van der Waals surface area contributed by atoms with Gasteiger partial charge in [0.2, 0.25) is 5.91 Å². The van der Waals surface area contributed by atoms with Crippen molar-refractivity contribution < 1.29 is 14.3 Å². The second-order valence-electron chi connectivity index (χ2n) is 4.01. The smallest absolute Gasteiger partial charge is 0.248 e. The third kappa shape index (κ3) is 4.47. The van der Waals surface area contributed by atoms with E-state index >= 15 is 0 Å². The van der Waals surface area contributed by atoms with Crippen LogP contribution in [0.15, 0.2) is 0 Å². The minimum atomic E-state index is 0.0596. The monoisotopic (exact) mass is 230 g/mol. The lowest BCUT2D eigenvalue weighted by atomic mass is 10.1. The minimum absolute atomic E-state index is 0.0596. The first kappa shape index (κ1) is 13.4. The largest absolute Gasteiger partial charge is 0.375 e. The summed E-state index contributed by atoms with van der Waals surface area (Å²) in [5.41, 5.74) is 0. The first-order chi connectivity index (χ1) is 7.77. The average molecular weight is 230 g/mol. The molecule has 0 saturated carbocycles. The van der Waals surface area contributed by atoms with Gasteiger partial charge in [0.25, 0.3) is 0 Å². The summed E-state index contributed by atoms with van der Waals surface area (Å²) in [7, 11) is 3.49. The van der Waals surface area contributed by atoms with Gasteiger partial charge in [-0.25, -0.2) is 0 Å². The Balaban J connectivity index is 2.26. The highest BCUT2D eigenvalue weighted by Gasteiger charge is 2.23. The van der Waals surface area contributed by atoms with Crippen molar-refractivity contribution in [3.05, 3.63) is 0 Å². The quantitative estimate of drug-likeness (QED) is 0.645. The lowest BCUT2D eigenvalue weighted by molar-refractivity contribution is -0.142. The fraction of sp³-hybridized carbons (Fsp3) is 0.909. The van der Waals surface area contributed by atoms with Crippen LogP contribution in [0.2, 0.25) is 0 Å². The van der Waals surface area contributed by atoms with Gasteiger partial charge in [0.05, 0.1) is 12.7 Å². The van der Waals surface area contributed by atoms with Gasteiger partial charge in [-0.15, -0.1) is 0 Å². The number of carbonyl (C=O) groups is 1. The zero-order chi connectivity index (χ0) is 11.8. The fourth-order valence-electron chi connectivity index (χ4n) is 1.84. The van der Waals surface area contributed by atoms with Gasteiger partial charge in [-0.2, -0.15) is 0 Å². The van der Waals surface area contributed by atoms with E-state index in [1.807, 2.05) is 11.9 Å². The number of nitrogens with zero attached hydrogens (tertiary/aromatic N) is 1. The van der Waals surface area contributed by atoms with Gasteiger partial charge >= 0.3 is 0 Å². The van der Waals surface area contributed by atoms with Crippen molar-refractivity contribution in [3.8, 4) is 0 Å². The summed E-state index contributed by atoms with van der Waals surface area (Å²) in [6.45, 7) is 3.19. The fourth-order valence-corrected chi connectivity index (χ4v) is 1.84. The van der Waals surface area contributed by atoms with Gasteiger partial charge in [-0.1, -0.05) is 0 Å². The number of carbonyl (C=O) groups excluding carboxylic acids is 1. The van der Waals surface area contributed by atoms with Crippen LogP contribution in [0, 0.1) is 0 Å². The summed E-state index contributed by atoms with van der Waals surface area (Å²) >= 11 is 0. The Bertz CT molecular complexity index is 211. The second kappa shape index (κ2) is 7.60. The highest BCUT2D eigenvalue weighted by Crippen LogP contribution is 2.10. The third-order valence-corrected chi connectivity index (χ3v) is 2.71. The summed E-state index contributed by atoms with van der Waals surface area (Å²) < 4.78 is 10.5. The van der Waals surface area contributed by atoms with Crippen LogP contribution in [-0.4, -0.2) is 63.9 Å². The van der Waals surface area contributed by atoms with Gasteiger partial charge in [0.1, 0.15) is 6.61 Å².